The van der Waals surface area contributed by atoms with Crippen LogP contribution >= 0.6 is 0 Å². The number of ether oxygens (including phenoxy) is 1. The van der Waals surface area contributed by atoms with E-state index in [0.29, 0.717) is 6.54 Å². The molecule has 2 atom stereocenters. The number of fused-ring (bicyclic) bond motifs is 3. The number of nitrogens with one attached hydrogen (secondary N) is 2. The SMILES string of the molecule is CC(C)C(CN(C)C)NC(=O)C(CCC(=O)O)NC(=O)OCC1c2ccccc2-c2ccccc21. The highest BCUT2D eigenvalue weighted by Gasteiger charge is 2.30. The molecule has 3 N–H and O–H groups in total. The number of carbonyl (C=O) groups is 3. The van der Waals surface area contributed by atoms with E-state index in [2.05, 4.69) is 22.8 Å². The predicted octanol–water partition coefficient (Wildman–Crippen LogP) is 3.46. The lowest BCUT2D eigenvalue weighted by atomic mass is 9.98. The van der Waals surface area contributed by atoms with E-state index in [4.69, 9.17) is 9.84 Å². The second-order valence-corrected chi connectivity index (χ2v) is 9.58. The molecule has 0 saturated carbocycles. The van der Waals surface area contributed by atoms with Crippen LogP contribution in [0.5, 0.6) is 0 Å². The van der Waals surface area contributed by atoms with Crippen molar-refractivity contribution in [2.45, 2.75) is 44.7 Å². The third kappa shape index (κ3) is 6.82. The van der Waals surface area contributed by atoms with Gasteiger partial charge in [-0.05, 0) is 48.7 Å². The van der Waals surface area contributed by atoms with E-state index in [9.17, 15) is 14.4 Å². The molecular weight excluding hydrogens is 446 g/mol. The van der Waals surface area contributed by atoms with Crippen molar-refractivity contribution in [3.63, 3.8) is 0 Å². The molecule has 3 rings (SSSR count). The number of alkyl carbamates (subject to hydrolysis) is 1. The van der Waals surface area contributed by atoms with Crippen molar-refractivity contribution in [3.8, 4) is 11.1 Å². The molecule has 0 bridgehead atoms. The summed E-state index contributed by atoms with van der Waals surface area (Å²) in [6.07, 6.45) is -1.02. The van der Waals surface area contributed by atoms with Crippen molar-refractivity contribution in [1.29, 1.82) is 0 Å². The molecule has 0 heterocycles. The molecule has 35 heavy (non-hydrogen) atoms. The van der Waals surface area contributed by atoms with Crippen molar-refractivity contribution >= 4 is 18.0 Å². The van der Waals surface area contributed by atoms with Gasteiger partial charge in [0.1, 0.15) is 12.6 Å². The van der Waals surface area contributed by atoms with Gasteiger partial charge < -0.3 is 25.4 Å². The second kappa shape index (κ2) is 11.8. The van der Waals surface area contributed by atoms with Crippen LogP contribution < -0.4 is 10.6 Å². The summed E-state index contributed by atoms with van der Waals surface area (Å²) in [6.45, 7) is 4.74. The fourth-order valence-corrected chi connectivity index (χ4v) is 4.42. The Kier molecular flexibility index (Phi) is 8.87. The summed E-state index contributed by atoms with van der Waals surface area (Å²) in [4.78, 5) is 38.8. The van der Waals surface area contributed by atoms with Gasteiger partial charge in [-0.2, -0.15) is 0 Å². The minimum atomic E-state index is -1.04. The Labute approximate surface area is 206 Å². The summed E-state index contributed by atoms with van der Waals surface area (Å²) in [7, 11) is 3.83. The highest BCUT2D eigenvalue weighted by atomic mass is 16.5. The van der Waals surface area contributed by atoms with E-state index < -0.39 is 24.0 Å². The van der Waals surface area contributed by atoms with E-state index in [-0.39, 0.29) is 37.3 Å². The number of hydrogen-bond donors (Lipinski definition) is 3. The number of nitrogens with zero attached hydrogens (tertiary/aromatic N) is 1. The lowest BCUT2D eigenvalue weighted by molar-refractivity contribution is -0.137. The zero-order valence-electron chi connectivity index (χ0n) is 20.8. The van der Waals surface area contributed by atoms with Gasteiger partial charge in [-0.15, -0.1) is 0 Å². The monoisotopic (exact) mass is 481 g/mol. The number of rotatable bonds is 11. The quantitative estimate of drug-likeness (QED) is 0.454. The summed E-state index contributed by atoms with van der Waals surface area (Å²) in [5, 5.41) is 14.7. The Balaban J connectivity index is 1.67. The maximum atomic E-state index is 13.0. The van der Waals surface area contributed by atoms with Crippen LogP contribution in [0.4, 0.5) is 4.79 Å². The maximum absolute atomic E-state index is 13.0. The van der Waals surface area contributed by atoms with Crippen LogP contribution in [0, 0.1) is 5.92 Å². The molecule has 8 nitrogen and oxygen atoms in total. The average molecular weight is 482 g/mol. The minimum absolute atomic E-state index is 0.0296. The Hall–Kier alpha value is -3.39. The zero-order valence-corrected chi connectivity index (χ0v) is 20.8. The molecule has 1 aliphatic rings. The first-order valence-corrected chi connectivity index (χ1v) is 12.0. The van der Waals surface area contributed by atoms with Gasteiger partial charge in [0.2, 0.25) is 5.91 Å². The van der Waals surface area contributed by atoms with Gasteiger partial charge in [0.15, 0.2) is 0 Å². The van der Waals surface area contributed by atoms with Gasteiger partial charge >= 0.3 is 12.1 Å². The molecule has 0 radical (unpaired) electrons. The normalized spacial score (nSPS) is 14.2. The average Bonchev–Trinajstić information content (AvgIpc) is 3.13. The second-order valence-electron chi connectivity index (χ2n) is 9.58. The molecule has 2 unspecified atom stereocenters. The number of amides is 2. The van der Waals surface area contributed by atoms with Crippen molar-refractivity contribution in [2.24, 2.45) is 5.92 Å². The van der Waals surface area contributed by atoms with Crippen LogP contribution in [0.3, 0.4) is 0 Å². The van der Waals surface area contributed by atoms with Gasteiger partial charge in [-0.1, -0.05) is 62.4 Å². The van der Waals surface area contributed by atoms with Crippen molar-refractivity contribution in [1.82, 2.24) is 15.5 Å². The Morgan fingerprint density at radius 2 is 1.54 bits per heavy atom. The summed E-state index contributed by atoms with van der Waals surface area (Å²) < 4.78 is 5.56. The number of carboxylic acids is 1. The standard InChI is InChI=1S/C27H35N3O5/c1-17(2)24(15-30(3)4)28-26(33)23(13-14-25(31)32)29-27(34)35-16-22-20-11-7-5-9-18(20)19-10-6-8-12-21(19)22/h5-12,17,22-24H,13-16H2,1-4H3,(H,28,33)(H,29,34)(H,31,32). The Morgan fingerprint density at radius 3 is 2.06 bits per heavy atom. The molecule has 0 saturated heterocycles. The summed E-state index contributed by atoms with van der Waals surface area (Å²) in [5.41, 5.74) is 4.42. The summed E-state index contributed by atoms with van der Waals surface area (Å²) in [5.74, 6) is -1.40. The number of carbonyl (C=O) groups excluding carboxylic acids is 2. The molecule has 2 aromatic rings. The highest BCUT2D eigenvalue weighted by Crippen LogP contribution is 2.44. The number of aliphatic carboxylic acids is 1. The Morgan fingerprint density at radius 1 is 0.971 bits per heavy atom. The van der Waals surface area contributed by atoms with E-state index >= 15 is 0 Å². The van der Waals surface area contributed by atoms with Crippen LogP contribution in [0.2, 0.25) is 0 Å². The first-order chi connectivity index (χ1) is 16.7. The van der Waals surface area contributed by atoms with Gasteiger partial charge in [0, 0.05) is 24.9 Å². The van der Waals surface area contributed by atoms with Crippen LogP contribution in [-0.4, -0.2) is 67.3 Å². The van der Waals surface area contributed by atoms with Crippen LogP contribution in [0.1, 0.15) is 43.7 Å². The molecule has 0 aliphatic heterocycles. The van der Waals surface area contributed by atoms with Gasteiger partial charge in [0.25, 0.3) is 0 Å². The third-order valence-corrected chi connectivity index (χ3v) is 6.29. The molecule has 0 fully saturated rings. The van der Waals surface area contributed by atoms with Gasteiger partial charge in [-0.3, -0.25) is 9.59 Å². The maximum Gasteiger partial charge on any atom is 0.407 e. The fourth-order valence-electron chi connectivity index (χ4n) is 4.42. The molecule has 8 heteroatoms. The van der Waals surface area contributed by atoms with Gasteiger partial charge in [-0.25, -0.2) is 4.79 Å². The molecule has 0 aromatic heterocycles. The van der Waals surface area contributed by atoms with E-state index in [1.54, 1.807) is 0 Å². The molecule has 2 amide bonds. The van der Waals surface area contributed by atoms with Crippen LogP contribution in [-0.2, 0) is 14.3 Å². The molecular formula is C27H35N3O5. The van der Waals surface area contributed by atoms with E-state index in [0.717, 1.165) is 22.3 Å². The van der Waals surface area contributed by atoms with Crippen molar-refractivity contribution < 1.29 is 24.2 Å². The lowest BCUT2D eigenvalue weighted by Gasteiger charge is -2.28. The van der Waals surface area contributed by atoms with Gasteiger partial charge in [0.05, 0.1) is 0 Å². The fraction of sp³-hybridized carbons (Fsp3) is 0.444. The van der Waals surface area contributed by atoms with Crippen molar-refractivity contribution in [3.05, 3.63) is 59.7 Å². The first kappa shape index (κ1) is 26.2. The highest BCUT2D eigenvalue weighted by molar-refractivity contribution is 5.86. The van der Waals surface area contributed by atoms with E-state index in [1.165, 1.54) is 0 Å². The number of benzene rings is 2. The predicted molar refractivity (Wildman–Crippen MR) is 134 cm³/mol. The largest absolute Gasteiger partial charge is 0.481 e. The van der Waals surface area contributed by atoms with E-state index in [1.807, 2.05) is 69.2 Å². The van der Waals surface area contributed by atoms with Crippen LogP contribution in [0.25, 0.3) is 11.1 Å². The van der Waals surface area contributed by atoms with Crippen molar-refractivity contribution in [2.75, 3.05) is 27.2 Å². The number of likely N-dealkylation sites (N-methyl/N-ethyl adjacent to an activating group) is 1. The minimum Gasteiger partial charge on any atom is -0.481 e. The summed E-state index contributed by atoms with van der Waals surface area (Å²) in [6, 6.07) is 14.9. The molecule has 188 valence electrons. The molecule has 0 spiro atoms. The Bertz CT molecular complexity index is 1010. The molecule has 2 aromatic carbocycles. The number of carboxylic acid groups (broad SMARTS) is 1. The van der Waals surface area contributed by atoms with Crippen LogP contribution in [0.15, 0.2) is 48.5 Å². The molecule has 1 aliphatic carbocycles. The zero-order chi connectivity index (χ0) is 25.5. The third-order valence-electron chi connectivity index (χ3n) is 6.29. The topological polar surface area (TPSA) is 108 Å². The summed E-state index contributed by atoms with van der Waals surface area (Å²) >= 11 is 0. The lowest BCUT2D eigenvalue weighted by Crippen LogP contribution is -2.53. The first-order valence-electron chi connectivity index (χ1n) is 12.0. The number of hydrogen-bond acceptors (Lipinski definition) is 5. The smallest absolute Gasteiger partial charge is 0.407 e.